The molecule has 0 aromatic carbocycles. The number of hydrogen-bond acceptors (Lipinski definition) is 3. The summed E-state index contributed by atoms with van der Waals surface area (Å²) in [6.45, 7) is 11.0. The number of carbonyl (C=O) groups excluding carboxylic acids is 1. The molecule has 1 saturated heterocycles. The van der Waals surface area contributed by atoms with Gasteiger partial charge in [-0.2, -0.15) is 0 Å². The van der Waals surface area contributed by atoms with Crippen molar-refractivity contribution in [1.82, 2.24) is 4.90 Å². The Labute approximate surface area is 92.8 Å². The van der Waals surface area contributed by atoms with Gasteiger partial charge in [-0.15, -0.1) is 0 Å². The minimum absolute atomic E-state index is 0.0137. The van der Waals surface area contributed by atoms with Crippen molar-refractivity contribution in [2.45, 2.75) is 40.2 Å². The summed E-state index contributed by atoms with van der Waals surface area (Å²) in [6, 6.07) is 0.0137. The lowest BCUT2D eigenvalue weighted by molar-refractivity contribution is -0.152. The molecule has 0 bridgehead atoms. The van der Waals surface area contributed by atoms with Crippen LogP contribution in [-0.4, -0.2) is 37.1 Å². The summed E-state index contributed by atoms with van der Waals surface area (Å²) in [6.07, 6.45) is 0.948. The van der Waals surface area contributed by atoms with Gasteiger partial charge in [0.15, 0.2) is 0 Å². The summed E-state index contributed by atoms with van der Waals surface area (Å²) in [5, 5.41) is 0. The quantitative estimate of drug-likeness (QED) is 0.671. The van der Waals surface area contributed by atoms with Crippen LogP contribution in [0.15, 0.2) is 0 Å². The first-order chi connectivity index (χ1) is 6.86. The molecule has 88 valence electrons. The Bertz CT molecular complexity index is 232. The first kappa shape index (κ1) is 12.5. The molecule has 1 heterocycles. The summed E-state index contributed by atoms with van der Waals surface area (Å²) in [5.41, 5.74) is 0.302. The SMILES string of the molecule is COC(=O)C1CCN1CC(C)C(C)(C)C. The first-order valence-corrected chi connectivity index (χ1v) is 5.68. The average molecular weight is 213 g/mol. The topological polar surface area (TPSA) is 29.5 Å². The monoisotopic (exact) mass is 213 g/mol. The van der Waals surface area contributed by atoms with E-state index in [-0.39, 0.29) is 12.0 Å². The highest BCUT2D eigenvalue weighted by atomic mass is 16.5. The van der Waals surface area contributed by atoms with Gasteiger partial charge in [-0.1, -0.05) is 27.7 Å². The summed E-state index contributed by atoms with van der Waals surface area (Å²) in [7, 11) is 1.46. The van der Waals surface area contributed by atoms with Crippen molar-refractivity contribution in [1.29, 1.82) is 0 Å². The standard InChI is InChI=1S/C12H23NO2/c1-9(12(2,3)4)8-13-7-6-10(13)11(14)15-5/h9-10H,6-8H2,1-5H3. The predicted octanol–water partition coefficient (Wildman–Crippen LogP) is 1.92. The van der Waals surface area contributed by atoms with Gasteiger partial charge in [0.25, 0.3) is 0 Å². The Morgan fingerprint density at radius 1 is 1.53 bits per heavy atom. The number of carbonyl (C=O) groups is 1. The van der Waals surface area contributed by atoms with E-state index in [1.165, 1.54) is 7.11 Å². The molecular formula is C12H23NO2. The molecule has 3 nitrogen and oxygen atoms in total. The van der Waals surface area contributed by atoms with Crippen molar-refractivity contribution in [2.24, 2.45) is 11.3 Å². The molecule has 0 spiro atoms. The number of nitrogens with zero attached hydrogens (tertiary/aromatic N) is 1. The van der Waals surface area contributed by atoms with Crippen LogP contribution in [0.4, 0.5) is 0 Å². The Kier molecular flexibility index (Phi) is 3.77. The zero-order valence-corrected chi connectivity index (χ0v) is 10.5. The third-order valence-electron chi connectivity index (χ3n) is 3.59. The van der Waals surface area contributed by atoms with Crippen LogP contribution in [-0.2, 0) is 9.53 Å². The van der Waals surface area contributed by atoms with Gasteiger partial charge in [0, 0.05) is 13.1 Å². The molecule has 2 atom stereocenters. The van der Waals surface area contributed by atoms with Crippen molar-refractivity contribution in [3.05, 3.63) is 0 Å². The van der Waals surface area contributed by atoms with E-state index in [0.717, 1.165) is 19.5 Å². The third kappa shape index (κ3) is 2.94. The molecule has 0 aromatic rings. The van der Waals surface area contributed by atoms with Gasteiger partial charge in [0.1, 0.15) is 6.04 Å². The molecule has 0 aliphatic carbocycles. The van der Waals surface area contributed by atoms with E-state index in [2.05, 4.69) is 32.6 Å². The minimum Gasteiger partial charge on any atom is -0.468 e. The number of rotatable bonds is 3. The number of likely N-dealkylation sites (tertiary alicyclic amines) is 1. The van der Waals surface area contributed by atoms with Gasteiger partial charge >= 0.3 is 5.97 Å². The molecule has 0 amide bonds. The van der Waals surface area contributed by atoms with Gasteiger partial charge in [-0.25, -0.2) is 0 Å². The van der Waals surface area contributed by atoms with E-state index >= 15 is 0 Å². The van der Waals surface area contributed by atoms with Gasteiger partial charge < -0.3 is 4.74 Å². The highest BCUT2D eigenvalue weighted by molar-refractivity contribution is 5.76. The third-order valence-corrected chi connectivity index (χ3v) is 3.59. The fourth-order valence-electron chi connectivity index (χ4n) is 1.69. The van der Waals surface area contributed by atoms with Crippen LogP contribution >= 0.6 is 0 Å². The maximum absolute atomic E-state index is 11.4. The van der Waals surface area contributed by atoms with Crippen LogP contribution in [0.5, 0.6) is 0 Å². The van der Waals surface area contributed by atoms with Crippen LogP contribution in [0.25, 0.3) is 0 Å². The maximum atomic E-state index is 11.4. The molecule has 1 rings (SSSR count). The van der Waals surface area contributed by atoms with Gasteiger partial charge in [-0.3, -0.25) is 9.69 Å². The minimum atomic E-state index is -0.0811. The van der Waals surface area contributed by atoms with Gasteiger partial charge in [0.05, 0.1) is 7.11 Å². The highest BCUT2D eigenvalue weighted by Crippen LogP contribution is 2.29. The Morgan fingerprint density at radius 3 is 2.47 bits per heavy atom. The van der Waals surface area contributed by atoms with E-state index in [1.54, 1.807) is 0 Å². The van der Waals surface area contributed by atoms with E-state index in [9.17, 15) is 4.79 Å². The van der Waals surface area contributed by atoms with Crippen LogP contribution < -0.4 is 0 Å². The second-order valence-electron chi connectivity index (χ2n) is 5.59. The summed E-state index contributed by atoms with van der Waals surface area (Å²) in [5.74, 6) is 0.507. The lowest BCUT2D eigenvalue weighted by atomic mass is 9.81. The van der Waals surface area contributed by atoms with Gasteiger partial charge in [0.2, 0.25) is 0 Å². The zero-order valence-electron chi connectivity index (χ0n) is 10.5. The lowest BCUT2D eigenvalue weighted by Crippen LogP contribution is -2.54. The predicted molar refractivity (Wildman–Crippen MR) is 60.6 cm³/mol. The number of hydrogen-bond donors (Lipinski definition) is 0. The van der Waals surface area contributed by atoms with Crippen molar-refractivity contribution in [3.8, 4) is 0 Å². The molecular weight excluding hydrogens is 190 g/mol. The molecule has 0 N–H and O–H groups in total. The maximum Gasteiger partial charge on any atom is 0.323 e. The lowest BCUT2D eigenvalue weighted by Gasteiger charge is -2.42. The molecule has 0 saturated carbocycles. The van der Waals surface area contributed by atoms with Crippen LogP contribution in [0.2, 0.25) is 0 Å². The van der Waals surface area contributed by atoms with Crippen molar-refractivity contribution in [3.63, 3.8) is 0 Å². The number of methoxy groups -OCH3 is 1. The molecule has 2 unspecified atom stereocenters. The molecule has 1 fully saturated rings. The summed E-state index contributed by atoms with van der Waals surface area (Å²) >= 11 is 0. The molecule has 0 aromatic heterocycles. The molecule has 3 heteroatoms. The second kappa shape index (κ2) is 4.52. The molecule has 0 radical (unpaired) electrons. The normalized spacial score (nSPS) is 24.5. The van der Waals surface area contributed by atoms with Crippen molar-refractivity contribution < 1.29 is 9.53 Å². The van der Waals surface area contributed by atoms with Crippen molar-refractivity contribution >= 4 is 5.97 Å². The number of esters is 1. The highest BCUT2D eigenvalue weighted by Gasteiger charge is 2.36. The molecule has 1 aliphatic rings. The summed E-state index contributed by atoms with van der Waals surface area (Å²) in [4.78, 5) is 13.6. The second-order valence-corrected chi connectivity index (χ2v) is 5.59. The van der Waals surface area contributed by atoms with E-state index < -0.39 is 0 Å². The first-order valence-electron chi connectivity index (χ1n) is 5.68. The van der Waals surface area contributed by atoms with Gasteiger partial charge in [-0.05, 0) is 17.8 Å². The smallest absolute Gasteiger partial charge is 0.323 e. The Morgan fingerprint density at radius 2 is 2.13 bits per heavy atom. The Hall–Kier alpha value is -0.570. The zero-order chi connectivity index (χ0) is 11.6. The molecule has 1 aliphatic heterocycles. The van der Waals surface area contributed by atoms with Crippen LogP contribution in [0.1, 0.15) is 34.1 Å². The van der Waals surface area contributed by atoms with E-state index in [1.807, 2.05) is 0 Å². The van der Waals surface area contributed by atoms with Crippen molar-refractivity contribution in [2.75, 3.05) is 20.2 Å². The fourth-order valence-corrected chi connectivity index (χ4v) is 1.69. The van der Waals surface area contributed by atoms with Crippen LogP contribution in [0, 0.1) is 11.3 Å². The van der Waals surface area contributed by atoms with E-state index in [0.29, 0.717) is 11.3 Å². The van der Waals surface area contributed by atoms with E-state index in [4.69, 9.17) is 4.74 Å². The summed E-state index contributed by atoms with van der Waals surface area (Å²) < 4.78 is 4.77. The largest absolute Gasteiger partial charge is 0.468 e. The molecule has 15 heavy (non-hydrogen) atoms. The number of ether oxygens (including phenoxy) is 1. The average Bonchev–Trinajstić information content (AvgIpc) is 2.10. The van der Waals surface area contributed by atoms with Crippen LogP contribution in [0.3, 0.4) is 0 Å². The fraction of sp³-hybridized carbons (Fsp3) is 0.917. The Balaban J connectivity index is 2.43.